The van der Waals surface area contributed by atoms with Crippen LogP contribution < -0.4 is 0 Å². The molecule has 1 aromatic heterocycles. The molecule has 0 saturated carbocycles. The smallest absolute Gasteiger partial charge is 0.340 e. The highest BCUT2D eigenvalue weighted by Crippen LogP contribution is 2.26. The summed E-state index contributed by atoms with van der Waals surface area (Å²) < 4.78 is 5.33. The van der Waals surface area contributed by atoms with E-state index in [0.717, 1.165) is 0 Å². The molecule has 0 aliphatic rings. The van der Waals surface area contributed by atoms with Crippen LogP contribution in [-0.4, -0.2) is 21.5 Å². The van der Waals surface area contributed by atoms with Gasteiger partial charge in [0.2, 0.25) is 5.28 Å². The second kappa shape index (κ2) is 4.94. The maximum absolute atomic E-state index is 12.1. The minimum absolute atomic E-state index is 0.00601. The maximum Gasteiger partial charge on any atom is 0.340 e. The van der Waals surface area contributed by atoms with E-state index in [1.165, 1.54) is 0 Å². The van der Waals surface area contributed by atoms with Gasteiger partial charge in [0.15, 0.2) is 0 Å². The molecule has 100 valence electrons. The topological polar surface area (TPSA) is 52.1 Å². The number of benzene rings is 1. The molecule has 1 aromatic carbocycles. The lowest BCUT2D eigenvalue weighted by molar-refractivity contribution is 0.00716. The predicted molar refractivity (Wildman–Crippen MR) is 74.7 cm³/mol. The molecule has 0 bridgehead atoms. The van der Waals surface area contributed by atoms with E-state index >= 15 is 0 Å². The van der Waals surface area contributed by atoms with E-state index in [9.17, 15) is 4.79 Å². The molecule has 0 aliphatic carbocycles. The van der Waals surface area contributed by atoms with E-state index in [1.54, 1.807) is 39.0 Å². The first-order valence-corrected chi connectivity index (χ1v) is 6.38. The Kier molecular flexibility index (Phi) is 3.65. The number of nitrogens with zero attached hydrogens (tertiary/aromatic N) is 2. The number of carbonyl (C=O) groups excluding carboxylic acids is 1. The first kappa shape index (κ1) is 14.0. The van der Waals surface area contributed by atoms with Crippen molar-refractivity contribution in [3.63, 3.8) is 0 Å². The Morgan fingerprint density at radius 3 is 2.53 bits per heavy atom. The predicted octanol–water partition coefficient (Wildman–Crippen LogP) is 3.89. The van der Waals surface area contributed by atoms with Crippen LogP contribution >= 0.6 is 23.2 Å². The van der Waals surface area contributed by atoms with Gasteiger partial charge in [-0.3, -0.25) is 0 Å². The number of hydrogen-bond acceptors (Lipinski definition) is 4. The summed E-state index contributed by atoms with van der Waals surface area (Å²) in [5.74, 6) is -0.469. The monoisotopic (exact) mass is 298 g/mol. The summed E-state index contributed by atoms with van der Waals surface area (Å²) in [5, 5.41) is 0.767. The maximum atomic E-state index is 12.1. The highest BCUT2D eigenvalue weighted by atomic mass is 35.5. The molecule has 0 atom stereocenters. The fourth-order valence-electron chi connectivity index (χ4n) is 1.59. The van der Waals surface area contributed by atoms with E-state index in [0.29, 0.717) is 16.5 Å². The van der Waals surface area contributed by atoms with Crippen molar-refractivity contribution >= 4 is 40.1 Å². The standard InChI is InChI=1S/C13H12Cl2N2O2/c1-13(2,3)19-11(18)8-6-4-5-7-9(8)16-12(15)17-10(7)14/h4-6H,1-3H3. The van der Waals surface area contributed by atoms with Gasteiger partial charge in [0, 0.05) is 5.39 Å². The SMILES string of the molecule is CC(C)(C)OC(=O)c1cccc2c(Cl)nc(Cl)nc12. The molecule has 6 heteroatoms. The van der Waals surface area contributed by atoms with E-state index in [2.05, 4.69) is 9.97 Å². The molecule has 1 heterocycles. The van der Waals surface area contributed by atoms with Gasteiger partial charge in [-0.1, -0.05) is 17.7 Å². The molecule has 0 radical (unpaired) electrons. The Morgan fingerprint density at radius 2 is 1.89 bits per heavy atom. The lowest BCUT2D eigenvalue weighted by Crippen LogP contribution is -2.24. The molecule has 2 rings (SSSR count). The number of hydrogen-bond donors (Lipinski definition) is 0. The van der Waals surface area contributed by atoms with Crippen LogP contribution in [-0.2, 0) is 4.74 Å². The molecule has 0 amide bonds. The van der Waals surface area contributed by atoms with Crippen molar-refractivity contribution in [3.05, 3.63) is 34.2 Å². The van der Waals surface area contributed by atoms with Gasteiger partial charge in [-0.05, 0) is 44.5 Å². The summed E-state index contributed by atoms with van der Waals surface area (Å²) in [4.78, 5) is 20.0. The summed E-state index contributed by atoms with van der Waals surface area (Å²) in [6, 6.07) is 5.04. The van der Waals surface area contributed by atoms with Crippen LogP contribution in [0.4, 0.5) is 0 Å². The van der Waals surface area contributed by atoms with Crippen molar-refractivity contribution in [1.29, 1.82) is 0 Å². The zero-order chi connectivity index (χ0) is 14.2. The van der Waals surface area contributed by atoms with Crippen LogP contribution in [0.15, 0.2) is 18.2 Å². The molecule has 4 nitrogen and oxygen atoms in total. The number of para-hydroxylation sites is 1. The summed E-state index contributed by atoms with van der Waals surface area (Å²) in [6.45, 7) is 5.39. The number of halogens is 2. The van der Waals surface area contributed by atoms with Gasteiger partial charge in [-0.25, -0.2) is 14.8 Å². The number of esters is 1. The van der Waals surface area contributed by atoms with Crippen molar-refractivity contribution in [2.24, 2.45) is 0 Å². The van der Waals surface area contributed by atoms with Gasteiger partial charge in [-0.2, -0.15) is 0 Å². The molecule has 0 spiro atoms. The quantitative estimate of drug-likeness (QED) is 0.455. The fraction of sp³-hybridized carbons (Fsp3) is 0.308. The number of carbonyl (C=O) groups is 1. The van der Waals surface area contributed by atoms with Crippen LogP contribution in [0, 0.1) is 0 Å². The number of rotatable bonds is 1. The normalized spacial score (nSPS) is 11.6. The Morgan fingerprint density at radius 1 is 1.21 bits per heavy atom. The van der Waals surface area contributed by atoms with Crippen molar-refractivity contribution < 1.29 is 9.53 Å². The summed E-state index contributed by atoms with van der Waals surface area (Å²) in [5.41, 5.74) is 0.125. The summed E-state index contributed by atoms with van der Waals surface area (Å²) >= 11 is 11.8. The molecule has 0 fully saturated rings. The molecular weight excluding hydrogens is 287 g/mol. The molecule has 0 N–H and O–H groups in total. The molecule has 19 heavy (non-hydrogen) atoms. The lowest BCUT2D eigenvalue weighted by atomic mass is 10.1. The number of aromatic nitrogens is 2. The lowest BCUT2D eigenvalue weighted by Gasteiger charge is -2.19. The number of ether oxygens (including phenoxy) is 1. The van der Waals surface area contributed by atoms with Gasteiger partial charge in [0.1, 0.15) is 10.8 Å². The average Bonchev–Trinajstić information content (AvgIpc) is 2.25. The third kappa shape index (κ3) is 3.14. The minimum Gasteiger partial charge on any atom is -0.456 e. The zero-order valence-corrected chi connectivity index (χ0v) is 12.2. The molecule has 0 aliphatic heterocycles. The Balaban J connectivity index is 2.58. The van der Waals surface area contributed by atoms with E-state index < -0.39 is 11.6 Å². The second-order valence-electron chi connectivity index (χ2n) is 4.99. The van der Waals surface area contributed by atoms with E-state index in [4.69, 9.17) is 27.9 Å². The summed E-state index contributed by atoms with van der Waals surface area (Å²) in [7, 11) is 0. The molecule has 0 unspecified atom stereocenters. The molecule has 2 aromatic rings. The fourth-order valence-corrected chi connectivity index (χ4v) is 2.03. The number of fused-ring (bicyclic) bond motifs is 1. The average molecular weight is 299 g/mol. The van der Waals surface area contributed by atoms with Crippen LogP contribution in [0.25, 0.3) is 10.9 Å². The third-order valence-corrected chi connectivity index (χ3v) is 2.73. The van der Waals surface area contributed by atoms with Crippen molar-refractivity contribution in [3.8, 4) is 0 Å². The third-order valence-electron chi connectivity index (χ3n) is 2.27. The zero-order valence-electron chi connectivity index (χ0n) is 10.7. The Bertz CT molecular complexity index is 651. The van der Waals surface area contributed by atoms with Gasteiger partial charge in [0.05, 0.1) is 11.1 Å². The van der Waals surface area contributed by atoms with Crippen LogP contribution in [0.3, 0.4) is 0 Å². The van der Waals surface area contributed by atoms with Crippen LogP contribution in [0.1, 0.15) is 31.1 Å². The highest BCUT2D eigenvalue weighted by molar-refractivity contribution is 6.36. The van der Waals surface area contributed by atoms with Crippen molar-refractivity contribution in [2.45, 2.75) is 26.4 Å². The minimum atomic E-state index is -0.583. The van der Waals surface area contributed by atoms with E-state index in [1.807, 2.05) is 0 Å². The Hall–Kier alpha value is -1.39. The largest absolute Gasteiger partial charge is 0.456 e. The first-order chi connectivity index (χ1) is 8.78. The molecule has 0 saturated heterocycles. The van der Waals surface area contributed by atoms with Crippen molar-refractivity contribution in [2.75, 3.05) is 0 Å². The first-order valence-electron chi connectivity index (χ1n) is 5.63. The van der Waals surface area contributed by atoms with Crippen molar-refractivity contribution in [1.82, 2.24) is 9.97 Å². The Labute approximate surface area is 120 Å². The molecular formula is C13H12Cl2N2O2. The van der Waals surface area contributed by atoms with E-state index in [-0.39, 0.29) is 10.4 Å². The van der Waals surface area contributed by atoms with Crippen LogP contribution in [0.5, 0.6) is 0 Å². The van der Waals surface area contributed by atoms with Gasteiger partial charge in [-0.15, -0.1) is 0 Å². The second-order valence-corrected chi connectivity index (χ2v) is 5.68. The van der Waals surface area contributed by atoms with Crippen LogP contribution in [0.2, 0.25) is 10.4 Å². The van der Waals surface area contributed by atoms with Gasteiger partial charge >= 0.3 is 5.97 Å². The highest BCUT2D eigenvalue weighted by Gasteiger charge is 2.21. The van der Waals surface area contributed by atoms with Gasteiger partial charge in [0.25, 0.3) is 0 Å². The summed E-state index contributed by atoms with van der Waals surface area (Å²) in [6.07, 6.45) is 0. The van der Waals surface area contributed by atoms with Gasteiger partial charge < -0.3 is 4.74 Å².